The van der Waals surface area contributed by atoms with E-state index in [2.05, 4.69) is 5.32 Å². The zero-order valence-electron chi connectivity index (χ0n) is 22.5. The highest BCUT2D eigenvalue weighted by atomic mass is 35.5. The summed E-state index contributed by atoms with van der Waals surface area (Å²) >= 11 is 12.6. The lowest BCUT2D eigenvalue weighted by molar-refractivity contribution is -0.141. The van der Waals surface area contributed by atoms with Crippen molar-refractivity contribution in [3.05, 3.63) is 58.1 Å². The van der Waals surface area contributed by atoms with Gasteiger partial charge in [-0.15, -0.1) is 0 Å². The fraction of sp³-hybridized carbons (Fsp3) is 0.481. The minimum Gasteiger partial charge on any atom is -0.495 e. The zero-order valence-corrected chi connectivity index (χ0v) is 24.9. The molecule has 0 unspecified atom stereocenters. The molecule has 0 heterocycles. The predicted molar refractivity (Wildman–Crippen MR) is 153 cm³/mol. The Balaban J connectivity index is 2.26. The number of halogens is 2. The van der Waals surface area contributed by atoms with Crippen LogP contribution < -0.4 is 14.4 Å². The summed E-state index contributed by atoms with van der Waals surface area (Å²) in [5.74, 6) is -0.0688. The molecule has 0 bridgehead atoms. The standard InChI is InChI=1S/C27H37Cl2N3O5S/c1-6-19(3)30-27(34)24(7-2)31(18-20-11-8-9-12-22(20)28)26(33)13-10-16-32(38(5,35)36)21-14-15-25(37-4)23(29)17-21/h8-9,11-12,14-15,17,19,24H,6-7,10,13,16,18H2,1-5H3,(H,30,34)/t19-,24-/m0/s1. The third kappa shape index (κ3) is 8.78. The van der Waals surface area contributed by atoms with Crippen LogP contribution in [0.15, 0.2) is 42.5 Å². The number of rotatable bonds is 14. The molecule has 0 saturated carbocycles. The average Bonchev–Trinajstić information content (AvgIpc) is 2.86. The van der Waals surface area contributed by atoms with Gasteiger partial charge in [-0.2, -0.15) is 0 Å². The van der Waals surface area contributed by atoms with Gasteiger partial charge in [0.05, 0.1) is 24.1 Å². The fourth-order valence-corrected chi connectivity index (χ4v) is 5.39. The van der Waals surface area contributed by atoms with E-state index in [0.717, 1.165) is 18.2 Å². The lowest BCUT2D eigenvalue weighted by Crippen LogP contribution is -2.50. The summed E-state index contributed by atoms with van der Waals surface area (Å²) in [5, 5.41) is 3.75. The molecule has 2 aromatic carbocycles. The molecule has 0 aliphatic rings. The van der Waals surface area contributed by atoms with Crippen LogP contribution in [0.1, 0.15) is 52.0 Å². The Kier molecular flexibility index (Phi) is 12.2. The number of benzene rings is 2. The van der Waals surface area contributed by atoms with Crippen molar-refractivity contribution in [1.82, 2.24) is 10.2 Å². The second kappa shape index (κ2) is 14.6. The molecular weight excluding hydrogens is 549 g/mol. The molecule has 0 radical (unpaired) electrons. The smallest absolute Gasteiger partial charge is 0.243 e. The molecule has 2 aromatic rings. The first-order valence-electron chi connectivity index (χ1n) is 12.6. The number of hydrogen-bond acceptors (Lipinski definition) is 5. The van der Waals surface area contributed by atoms with Gasteiger partial charge in [-0.3, -0.25) is 13.9 Å². The molecule has 210 valence electrons. The molecule has 8 nitrogen and oxygen atoms in total. The number of nitrogens with one attached hydrogen (secondary N) is 1. The quantitative estimate of drug-likeness (QED) is 0.326. The number of anilines is 1. The summed E-state index contributed by atoms with van der Waals surface area (Å²) < 4.78 is 31.5. The molecule has 2 amide bonds. The van der Waals surface area contributed by atoms with E-state index < -0.39 is 16.1 Å². The molecule has 1 N–H and O–H groups in total. The van der Waals surface area contributed by atoms with E-state index in [0.29, 0.717) is 22.9 Å². The SMILES string of the molecule is CC[C@H](C)NC(=O)[C@H](CC)N(Cc1ccccc1Cl)C(=O)CCCN(c1ccc(OC)c(Cl)c1)S(C)(=O)=O. The van der Waals surface area contributed by atoms with E-state index in [-0.39, 0.29) is 48.8 Å². The van der Waals surface area contributed by atoms with Crippen molar-refractivity contribution in [1.29, 1.82) is 0 Å². The maximum atomic E-state index is 13.5. The molecule has 0 aliphatic carbocycles. The van der Waals surface area contributed by atoms with E-state index in [1.54, 1.807) is 24.3 Å². The fourth-order valence-electron chi connectivity index (χ4n) is 3.99. The van der Waals surface area contributed by atoms with Gasteiger partial charge >= 0.3 is 0 Å². The normalized spacial score (nSPS) is 12.9. The van der Waals surface area contributed by atoms with Crippen molar-refractivity contribution in [2.45, 2.75) is 65.1 Å². The van der Waals surface area contributed by atoms with Crippen LogP contribution in [-0.4, -0.2) is 57.1 Å². The summed E-state index contributed by atoms with van der Waals surface area (Å²) in [4.78, 5) is 28.2. The number of carbonyl (C=O) groups excluding carboxylic acids is 2. The first-order valence-corrected chi connectivity index (χ1v) is 15.2. The monoisotopic (exact) mass is 585 g/mol. The van der Waals surface area contributed by atoms with Gasteiger partial charge in [-0.25, -0.2) is 8.42 Å². The van der Waals surface area contributed by atoms with Gasteiger partial charge in [-0.05, 0) is 56.0 Å². The molecule has 11 heteroatoms. The number of sulfonamides is 1. The van der Waals surface area contributed by atoms with Gasteiger partial charge in [0.1, 0.15) is 11.8 Å². The highest BCUT2D eigenvalue weighted by Crippen LogP contribution is 2.30. The van der Waals surface area contributed by atoms with Crippen molar-refractivity contribution < 1.29 is 22.7 Å². The topological polar surface area (TPSA) is 96.0 Å². The summed E-state index contributed by atoms with van der Waals surface area (Å²) in [6.45, 7) is 5.96. The van der Waals surface area contributed by atoms with Gasteiger partial charge in [0.25, 0.3) is 0 Å². The van der Waals surface area contributed by atoms with Crippen molar-refractivity contribution in [2.24, 2.45) is 0 Å². The van der Waals surface area contributed by atoms with Crippen LogP contribution in [0.2, 0.25) is 10.0 Å². The molecule has 2 rings (SSSR count). The Morgan fingerprint density at radius 1 is 1.05 bits per heavy atom. The van der Waals surface area contributed by atoms with Crippen LogP contribution in [0, 0.1) is 0 Å². The third-order valence-corrected chi connectivity index (χ3v) is 8.12. The Morgan fingerprint density at radius 2 is 1.74 bits per heavy atom. The van der Waals surface area contributed by atoms with Crippen molar-refractivity contribution >= 4 is 50.7 Å². The van der Waals surface area contributed by atoms with E-state index in [1.807, 2.05) is 32.9 Å². The molecule has 0 aromatic heterocycles. The average molecular weight is 587 g/mol. The summed E-state index contributed by atoms with van der Waals surface area (Å²) in [7, 11) is -2.18. The molecule has 2 atom stereocenters. The van der Waals surface area contributed by atoms with Crippen LogP contribution in [0.4, 0.5) is 5.69 Å². The number of ether oxygens (including phenoxy) is 1. The van der Waals surface area contributed by atoms with Gasteiger partial charge in [-0.1, -0.05) is 55.2 Å². The minimum atomic E-state index is -3.65. The second-order valence-electron chi connectivity index (χ2n) is 9.11. The highest BCUT2D eigenvalue weighted by molar-refractivity contribution is 7.92. The van der Waals surface area contributed by atoms with E-state index in [4.69, 9.17) is 27.9 Å². The van der Waals surface area contributed by atoms with Crippen LogP contribution in [0.5, 0.6) is 5.75 Å². The van der Waals surface area contributed by atoms with Crippen molar-refractivity contribution in [3.63, 3.8) is 0 Å². The maximum absolute atomic E-state index is 13.5. The largest absolute Gasteiger partial charge is 0.495 e. The van der Waals surface area contributed by atoms with E-state index in [1.165, 1.54) is 22.4 Å². The predicted octanol–water partition coefficient (Wildman–Crippen LogP) is 5.27. The van der Waals surface area contributed by atoms with Gasteiger partial charge in [0.2, 0.25) is 21.8 Å². The van der Waals surface area contributed by atoms with Gasteiger partial charge in [0, 0.05) is 30.6 Å². The zero-order chi connectivity index (χ0) is 28.5. The lowest BCUT2D eigenvalue weighted by atomic mass is 10.1. The highest BCUT2D eigenvalue weighted by Gasteiger charge is 2.30. The van der Waals surface area contributed by atoms with Crippen LogP contribution in [0.3, 0.4) is 0 Å². The van der Waals surface area contributed by atoms with Gasteiger partial charge < -0.3 is 15.0 Å². The molecule has 38 heavy (non-hydrogen) atoms. The maximum Gasteiger partial charge on any atom is 0.243 e. The first kappa shape index (κ1) is 31.7. The van der Waals surface area contributed by atoms with Crippen molar-refractivity contribution in [3.8, 4) is 5.75 Å². The number of carbonyl (C=O) groups is 2. The third-order valence-electron chi connectivity index (χ3n) is 6.26. The molecule has 0 fully saturated rings. The Labute approximate surface area is 236 Å². The molecule has 0 spiro atoms. The van der Waals surface area contributed by atoms with Crippen LogP contribution in [-0.2, 0) is 26.2 Å². The summed E-state index contributed by atoms with van der Waals surface area (Å²) in [6, 6.07) is 11.2. The van der Waals surface area contributed by atoms with Gasteiger partial charge in [0.15, 0.2) is 0 Å². The Morgan fingerprint density at radius 3 is 2.29 bits per heavy atom. The Bertz CT molecular complexity index is 1210. The summed E-state index contributed by atoms with van der Waals surface area (Å²) in [5.41, 5.74) is 1.10. The number of amides is 2. The van der Waals surface area contributed by atoms with E-state index in [9.17, 15) is 18.0 Å². The summed E-state index contributed by atoms with van der Waals surface area (Å²) in [6.07, 6.45) is 2.55. The molecule has 0 aliphatic heterocycles. The van der Waals surface area contributed by atoms with Crippen LogP contribution >= 0.6 is 23.2 Å². The lowest BCUT2D eigenvalue weighted by Gasteiger charge is -2.32. The minimum absolute atomic E-state index is 0.0338. The van der Waals surface area contributed by atoms with Crippen LogP contribution in [0.25, 0.3) is 0 Å². The Hall–Kier alpha value is -2.49. The van der Waals surface area contributed by atoms with E-state index >= 15 is 0 Å². The first-order chi connectivity index (χ1) is 17.9. The molecular formula is C27H37Cl2N3O5S. The number of nitrogens with zero attached hydrogens (tertiary/aromatic N) is 2. The molecule has 0 saturated heterocycles. The number of hydrogen-bond donors (Lipinski definition) is 1. The second-order valence-corrected chi connectivity index (χ2v) is 11.8. The number of methoxy groups -OCH3 is 1. The van der Waals surface area contributed by atoms with Crippen molar-refractivity contribution in [2.75, 3.05) is 24.2 Å².